The number of hydrogen-bond donors (Lipinski definition) is 1. The summed E-state index contributed by atoms with van der Waals surface area (Å²) in [7, 11) is 0. The van der Waals surface area contributed by atoms with Gasteiger partial charge in [-0.2, -0.15) is 11.8 Å². The fraction of sp³-hybridized carbons (Fsp3) is 0.562. The number of rotatable bonds is 5. The molecule has 1 aliphatic heterocycles. The molecule has 1 aromatic carbocycles. The molecule has 2 rings (SSSR count). The van der Waals surface area contributed by atoms with E-state index in [1.807, 2.05) is 26.2 Å². The van der Waals surface area contributed by atoms with Gasteiger partial charge in [0, 0.05) is 17.4 Å². The second-order valence-electron chi connectivity index (χ2n) is 5.85. The van der Waals surface area contributed by atoms with Crippen molar-refractivity contribution in [3.63, 3.8) is 0 Å². The first-order valence-electron chi connectivity index (χ1n) is 7.29. The van der Waals surface area contributed by atoms with Gasteiger partial charge in [0.15, 0.2) is 0 Å². The second kappa shape index (κ2) is 6.79. The van der Waals surface area contributed by atoms with Gasteiger partial charge in [0.25, 0.3) is 0 Å². The van der Waals surface area contributed by atoms with Crippen molar-refractivity contribution in [2.75, 3.05) is 12.8 Å². The van der Waals surface area contributed by atoms with Crippen LogP contribution in [0, 0.1) is 11.7 Å². The topological polar surface area (TPSA) is 32.3 Å². The molecule has 3 nitrogen and oxygen atoms in total. The lowest BCUT2D eigenvalue weighted by atomic mass is 10.1. The lowest BCUT2D eigenvalue weighted by Gasteiger charge is -2.27. The lowest BCUT2D eigenvalue weighted by molar-refractivity contribution is -0.130. The summed E-state index contributed by atoms with van der Waals surface area (Å²) in [5.74, 6) is -0.0190. The van der Waals surface area contributed by atoms with Crippen molar-refractivity contribution in [1.29, 1.82) is 0 Å². The summed E-state index contributed by atoms with van der Waals surface area (Å²) < 4.78 is 14.1. The van der Waals surface area contributed by atoms with Crippen LogP contribution in [0.3, 0.4) is 0 Å². The minimum absolute atomic E-state index is 0.0687. The van der Waals surface area contributed by atoms with Crippen molar-refractivity contribution in [1.82, 2.24) is 10.2 Å². The molecule has 1 heterocycles. The number of carbonyl (C=O) groups excluding carboxylic acids is 1. The Morgan fingerprint density at radius 1 is 1.33 bits per heavy atom. The Balaban J connectivity index is 2.32. The molecule has 0 aliphatic carbocycles. The highest BCUT2D eigenvalue weighted by Gasteiger charge is 2.42. The number of nitrogens with one attached hydrogen (secondary N) is 1. The van der Waals surface area contributed by atoms with E-state index in [1.54, 1.807) is 28.8 Å². The summed E-state index contributed by atoms with van der Waals surface area (Å²) in [6.07, 6.45) is 1.65. The average molecular weight is 310 g/mol. The molecule has 0 radical (unpaired) electrons. The van der Waals surface area contributed by atoms with E-state index in [0.717, 1.165) is 0 Å². The number of hydrogen-bond acceptors (Lipinski definition) is 3. The zero-order valence-corrected chi connectivity index (χ0v) is 13.8. The Morgan fingerprint density at radius 2 is 2.00 bits per heavy atom. The molecule has 3 unspecified atom stereocenters. The first-order chi connectivity index (χ1) is 9.95. The van der Waals surface area contributed by atoms with Crippen LogP contribution >= 0.6 is 11.8 Å². The molecule has 0 spiro atoms. The molecule has 1 fully saturated rings. The van der Waals surface area contributed by atoms with E-state index in [2.05, 4.69) is 12.2 Å². The van der Waals surface area contributed by atoms with Crippen molar-refractivity contribution < 1.29 is 9.18 Å². The Labute approximate surface area is 130 Å². The van der Waals surface area contributed by atoms with Crippen LogP contribution in [-0.4, -0.2) is 34.9 Å². The third kappa shape index (κ3) is 3.40. The molecule has 21 heavy (non-hydrogen) atoms. The van der Waals surface area contributed by atoms with Crippen LogP contribution < -0.4 is 5.32 Å². The molecular weight excluding hydrogens is 287 g/mol. The summed E-state index contributed by atoms with van der Waals surface area (Å²) in [4.78, 5) is 14.4. The van der Waals surface area contributed by atoms with Gasteiger partial charge in [-0.3, -0.25) is 10.1 Å². The number of amides is 1. The standard InChI is InChI=1S/C16H23FN2OS/c1-10(2)14-16(20)19(9-11(3)21-4)15(18-14)12-7-5-6-8-13(12)17/h5-8,10-11,14-15,18H,9H2,1-4H3. The first-order valence-corrected chi connectivity index (χ1v) is 8.58. The van der Waals surface area contributed by atoms with Gasteiger partial charge in [-0.1, -0.05) is 39.0 Å². The summed E-state index contributed by atoms with van der Waals surface area (Å²) in [6, 6.07) is 6.43. The molecule has 1 saturated heterocycles. The summed E-state index contributed by atoms with van der Waals surface area (Å²) in [5, 5.41) is 3.62. The number of carbonyl (C=O) groups is 1. The third-order valence-corrected chi connectivity index (χ3v) is 4.87. The van der Waals surface area contributed by atoms with Gasteiger partial charge in [-0.15, -0.1) is 0 Å². The maximum Gasteiger partial charge on any atom is 0.241 e. The number of nitrogens with zero attached hydrogens (tertiary/aromatic N) is 1. The SMILES string of the molecule is CSC(C)CN1C(=O)C(C(C)C)NC1c1ccccc1F. The molecule has 1 aromatic rings. The normalized spacial score (nSPS) is 23.9. The summed E-state index contributed by atoms with van der Waals surface area (Å²) >= 11 is 1.71. The zero-order chi connectivity index (χ0) is 15.6. The van der Waals surface area contributed by atoms with E-state index in [0.29, 0.717) is 17.4 Å². The molecule has 3 atom stereocenters. The number of halogens is 1. The van der Waals surface area contributed by atoms with Crippen molar-refractivity contribution in [2.24, 2.45) is 5.92 Å². The Kier molecular flexibility index (Phi) is 5.27. The largest absolute Gasteiger partial charge is 0.320 e. The Hall–Kier alpha value is -1.07. The van der Waals surface area contributed by atoms with E-state index in [4.69, 9.17) is 0 Å². The second-order valence-corrected chi connectivity index (χ2v) is 7.13. The molecule has 0 aromatic heterocycles. The van der Waals surface area contributed by atoms with Crippen molar-refractivity contribution in [3.8, 4) is 0 Å². The minimum atomic E-state index is -0.374. The highest BCUT2D eigenvalue weighted by Crippen LogP contribution is 2.30. The van der Waals surface area contributed by atoms with Crippen LogP contribution in [0.2, 0.25) is 0 Å². The van der Waals surface area contributed by atoms with Gasteiger partial charge < -0.3 is 4.90 Å². The molecule has 0 saturated carbocycles. The summed E-state index contributed by atoms with van der Waals surface area (Å²) in [5.41, 5.74) is 0.544. The average Bonchev–Trinajstić information content (AvgIpc) is 2.77. The monoisotopic (exact) mass is 310 g/mol. The van der Waals surface area contributed by atoms with Crippen LogP contribution in [0.4, 0.5) is 4.39 Å². The van der Waals surface area contributed by atoms with E-state index >= 15 is 0 Å². The van der Waals surface area contributed by atoms with Crippen LogP contribution in [0.5, 0.6) is 0 Å². The predicted molar refractivity (Wildman–Crippen MR) is 85.6 cm³/mol. The Bertz CT molecular complexity index is 509. The van der Waals surface area contributed by atoms with E-state index in [9.17, 15) is 9.18 Å². The molecule has 1 N–H and O–H groups in total. The highest BCUT2D eigenvalue weighted by atomic mass is 32.2. The first kappa shape index (κ1) is 16.3. The van der Waals surface area contributed by atoms with Gasteiger partial charge in [-0.05, 0) is 18.2 Å². The molecule has 116 valence electrons. The van der Waals surface area contributed by atoms with Crippen LogP contribution in [0.1, 0.15) is 32.5 Å². The van der Waals surface area contributed by atoms with Crippen molar-refractivity contribution in [3.05, 3.63) is 35.6 Å². The van der Waals surface area contributed by atoms with E-state index < -0.39 is 0 Å². The Morgan fingerprint density at radius 3 is 2.57 bits per heavy atom. The van der Waals surface area contributed by atoms with Gasteiger partial charge in [0.2, 0.25) is 5.91 Å². The molecule has 5 heteroatoms. The van der Waals surface area contributed by atoms with Crippen LogP contribution in [0.25, 0.3) is 0 Å². The van der Waals surface area contributed by atoms with Crippen molar-refractivity contribution >= 4 is 17.7 Å². The molecular formula is C16H23FN2OS. The molecule has 1 aliphatic rings. The predicted octanol–water partition coefficient (Wildman–Crippen LogP) is 3.03. The molecule has 0 bridgehead atoms. The fourth-order valence-corrected chi connectivity index (χ4v) is 2.93. The van der Waals surface area contributed by atoms with E-state index in [-0.39, 0.29) is 29.8 Å². The highest BCUT2D eigenvalue weighted by molar-refractivity contribution is 7.99. The lowest BCUT2D eigenvalue weighted by Crippen LogP contribution is -2.37. The fourth-order valence-electron chi connectivity index (χ4n) is 2.62. The quantitative estimate of drug-likeness (QED) is 0.907. The maximum atomic E-state index is 14.1. The van der Waals surface area contributed by atoms with Gasteiger partial charge in [0.05, 0.1) is 6.04 Å². The third-order valence-electron chi connectivity index (χ3n) is 3.92. The summed E-state index contributed by atoms with van der Waals surface area (Å²) in [6.45, 7) is 6.72. The maximum absolute atomic E-state index is 14.1. The number of thioether (sulfide) groups is 1. The van der Waals surface area contributed by atoms with Gasteiger partial charge in [-0.25, -0.2) is 4.39 Å². The minimum Gasteiger partial charge on any atom is -0.320 e. The zero-order valence-electron chi connectivity index (χ0n) is 13.0. The smallest absolute Gasteiger partial charge is 0.241 e. The molecule has 1 amide bonds. The van der Waals surface area contributed by atoms with Gasteiger partial charge >= 0.3 is 0 Å². The van der Waals surface area contributed by atoms with Crippen molar-refractivity contribution in [2.45, 2.75) is 38.2 Å². The number of benzene rings is 1. The van der Waals surface area contributed by atoms with E-state index in [1.165, 1.54) is 6.07 Å². The van der Waals surface area contributed by atoms with Crippen LogP contribution in [0.15, 0.2) is 24.3 Å². The van der Waals surface area contributed by atoms with Gasteiger partial charge in [0.1, 0.15) is 12.0 Å². The van der Waals surface area contributed by atoms with Crippen LogP contribution in [-0.2, 0) is 4.79 Å².